The number of halogens is 1. The van der Waals surface area contributed by atoms with Crippen molar-refractivity contribution in [3.8, 4) is 0 Å². The third-order valence-corrected chi connectivity index (χ3v) is 3.48. The van der Waals surface area contributed by atoms with Gasteiger partial charge in [-0.2, -0.15) is 0 Å². The highest BCUT2D eigenvalue weighted by molar-refractivity contribution is 5.93. The SMILES string of the molecule is CNC1CCN(C(=O)c2ccc(C)n2C)C1.Cl. The van der Waals surface area contributed by atoms with Crippen LogP contribution in [0.5, 0.6) is 0 Å². The lowest BCUT2D eigenvalue weighted by Gasteiger charge is -2.17. The summed E-state index contributed by atoms with van der Waals surface area (Å²) in [6, 6.07) is 4.34. The van der Waals surface area contributed by atoms with Gasteiger partial charge in [0.1, 0.15) is 5.69 Å². The van der Waals surface area contributed by atoms with Crippen molar-refractivity contribution < 1.29 is 4.79 Å². The van der Waals surface area contributed by atoms with Crippen LogP contribution in [-0.2, 0) is 7.05 Å². The molecular formula is C12H20ClN3O. The quantitative estimate of drug-likeness (QED) is 0.864. The third-order valence-electron chi connectivity index (χ3n) is 3.48. The zero-order valence-electron chi connectivity index (χ0n) is 10.6. The van der Waals surface area contributed by atoms with E-state index in [4.69, 9.17) is 0 Å². The molecule has 5 heteroatoms. The smallest absolute Gasteiger partial charge is 0.270 e. The minimum Gasteiger partial charge on any atom is -0.344 e. The zero-order chi connectivity index (χ0) is 11.7. The van der Waals surface area contributed by atoms with E-state index in [2.05, 4.69) is 5.32 Å². The molecule has 1 aliphatic heterocycles. The van der Waals surface area contributed by atoms with Gasteiger partial charge in [0.2, 0.25) is 0 Å². The second-order valence-electron chi connectivity index (χ2n) is 4.44. The highest BCUT2D eigenvalue weighted by Crippen LogP contribution is 2.14. The highest BCUT2D eigenvalue weighted by atomic mass is 35.5. The summed E-state index contributed by atoms with van der Waals surface area (Å²) in [4.78, 5) is 14.1. The third kappa shape index (κ3) is 2.64. The molecule has 1 aromatic heterocycles. The molecule has 0 spiro atoms. The molecule has 0 aromatic carbocycles. The molecule has 1 saturated heterocycles. The van der Waals surface area contributed by atoms with Crippen LogP contribution in [0.25, 0.3) is 0 Å². The first-order valence-electron chi connectivity index (χ1n) is 5.72. The summed E-state index contributed by atoms with van der Waals surface area (Å²) in [7, 11) is 3.89. The summed E-state index contributed by atoms with van der Waals surface area (Å²) in [6.07, 6.45) is 1.05. The maximum Gasteiger partial charge on any atom is 0.270 e. The van der Waals surface area contributed by atoms with Gasteiger partial charge in [-0.25, -0.2) is 0 Å². The molecular weight excluding hydrogens is 238 g/mol. The Bertz CT molecular complexity index is 402. The molecule has 1 N–H and O–H groups in total. The van der Waals surface area contributed by atoms with Gasteiger partial charge in [-0.3, -0.25) is 4.79 Å². The number of carbonyl (C=O) groups excluding carboxylic acids is 1. The van der Waals surface area contributed by atoms with Crippen LogP contribution in [0, 0.1) is 6.92 Å². The van der Waals surface area contributed by atoms with Crippen molar-refractivity contribution in [2.24, 2.45) is 7.05 Å². The molecule has 0 radical (unpaired) electrons. The first-order chi connectivity index (χ1) is 7.63. The summed E-state index contributed by atoms with van der Waals surface area (Å²) in [5, 5.41) is 3.22. The number of aromatic nitrogens is 1. The topological polar surface area (TPSA) is 37.3 Å². The van der Waals surface area contributed by atoms with Gasteiger partial charge in [-0.15, -0.1) is 12.4 Å². The normalized spacial score (nSPS) is 19.2. The maximum absolute atomic E-state index is 12.2. The van der Waals surface area contributed by atoms with Gasteiger partial charge in [-0.1, -0.05) is 0 Å². The van der Waals surface area contributed by atoms with E-state index < -0.39 is 0 Å². The van der Waals surface area contributed by atoms with Crippen molar-refractivity contribution in [3.63, 3.8) is 0 Å². The minimum absolute atomic E-state index is 0. The Morgan fingerprint density at radius 1 is 1.47 bits per heavy atom. The van der Waals surface area contributed by atoms with E-state index in [0.29, 0.717) is 6.04 Å². The second-order valence-corrected chi connectivity index (χ2v) is 4.44. The number of hydrogen-bond acceptors (Lipinski definition) is 2. The summed E-state index contributed by atoms with van der Waals surface area (Å²) >= 11 is 0. The molecule has 17 heavy (non-hydrogen) atoms. The van der Waals surface area contributed by atoms with Crippen molar-refractivity contribution in [2.45, 2.75) is 19.4 Å². The van der Waals surface area contributed by atoms with Crippen molar-refractivity contribution >= 4 is 18.3 Å². The van der Waals surface area contributed by atoms with E-state index in [0.717, 1.165) is 30.9 Å². The number of likely N-dealkylation sites (N-methyl/N-ethyl adjacent to an activating group) is 1. The fraction of sp³-hybridized carbons (Fsp3) is 0.583. The molecule has 4 nitrogen and oxygen atoms in total. The van der Waals surface area contributed by atoms with Crippen LogP contribution >= 0.6 is 12.4 Å². The molecule has 0 saturated carbocycles. The number of hydrogen-bond donors (Lipinski definition) is 1. The Labute approximate surface area is 108 Å². The first kappa shape index (κ1) is 14.1. The van der Waals surface area contributed by atoms with Gasteiger partial charge in [0.05, 0.1) is 0 Å². The van der Waals surface area contributed by atoms with Gasteiger partial charge in [0.25, 0.3) is 5.91 Å². The minimum atomic E-state index is 0. The van der Waals surface area contributed by atoms with Crippen molar-refractivity contribution in [1.82, 2.24) is 14.8 Å². The predicted octanol–water partition coefficient (Wildman–Crippen LogP) is 1.19. The lowest BCUT2D eigenvalue weighted by Crippen LogP contribution is -2.34. The number of likely N-dealkylation sites (tertiary alicyclic amines) is 1. The monoisotopic (exact) mass is 257 g/mol. The van der Waals surface area contributed by atoms with Crippen LogP contribution in [0.15, 0.2) is 12.1 Å². The van der Waals surface area contributed by atoms with Crippen molar-refractivity contribution in [1.29, 1.82) is 0 Å². The van der Waals surface area contributed by atoms with Gasteiger partial charge < -0.3 is 14.8 Å². The zero-order valence-corrected chi connectivity index (χ0v) is 11.4. The number of nitrogens with one attached hydrogen (secondary N) is 1. The lowest BCUT2D eigenvalue weighted by atomic mass is 10.3. The summed E-state index contributed by atoms with van der Waals surface area (Å²) in [6.45, 7) is 3.69. The van der Waals surface area contributed by atoms with Crippen LogP contribution in [-0.4, -0.2) is 41.6 Å². The molecule has 0 aliphatic carbocycles. The lowest BCUT2D eigenvalue weighted by molar-refractivity contribution is 0.0780. The predicted molar refractivity (Wildman–Crippen MR) is 70.8 cm³/mol. The summed E-state index contributed by atoms with van der Waals surface area (Å²) in [5.41, 5.74) is 1.90. The van der Waals surface area contributed by atoms with Gasteiger partial charge in [0, 0.05) is 31.9 Å². The number of nitrogens with zero attached hydrogens (tertiary/aromatic N) is 2. The van der Waals surface area contributed by atoms with Crippen LogP contribution < -0.4 is 5.32 Å². The Hall–Kier alpha value is -1.00. The summed E-state index contributed by atoms with van der Waals surface area (Å²) in [5.74, 6) is 0.147. The van der Waals surface area contributed by atoms with Gasteiger partial charge in [-0.05, 0) is 32.5 Å². The molecule has 1 amide bonds. The summed E-state index contributed by atoms with van der Waals surface area (Å²) < 4.78 is 1.95. The van der Waals surface area contributed by atoms with Gasteiger partial charge in [0.15, 0.2) is 0 Å². The van der Waals surface area contributed by atoms with Crippen molar-refractivity contribution in [3.05, 3.63) is 23.5 Å². The molecule has 2 heterocycles. The first-order valence-corrected chi connectivity index (χ1v) is 5.72. The van der Waals surface area contributed by atoms with E-state index in [-0.39, 0.29) is 18.3 Å². The maximum atomic E-state index is 12.2. The van der Waals surface area contributed by atoms with E-state index in [9.17, 15) is 4.79 Å². The average molecular weight is 258 g/mol. The Kier molecular flexibility index (Phi) is 4.60. The molecule has 1 aliphatic rings. The number of amides is 1. The number of carbonyl (C=O) groups is 1. The van der Waals surface area contributed by atoms with E-state index >= 15 is 0 Å². The fourth-order valence-electron chi connectivity index (χ4n) is 2.17. The van der Waals surface area contributed by atoms with Gasteiger partial charge >= 0.3 is 0 Å². The van der Waals surface area contributed by atoms with Crippen LogP contribution in [0.3, 0.4) is 0 Å². The fourth-order valence-corrected chi connectivity index (χ4v) is 2.17. The van der Waals surface area contributed by atoms with Crippen LogP contribution in [0.2, 0.25) is 0 Å². The van der Waals surface area contributed by atoms with Crippen LogP contribution in [0.1, 0.15) is 22.6 Å². The molecule has 2 rings (SSSR count). The standard InChI is InChI=1S/C12H19N3O.ClH/c1-9-4-5-11(14(9)3)12(16)15-7-6-10(8-15)13-2;/h4-5,10,13H,6-8H2,1-3H3;1H. The molecule has 1 unspecified atom stereocenters. The van der Waals surface area contributed by atoms with E-state index in [1.165, 1.54) is 0 Å². The molecule has 1 fully saturated rings. The average Bonchev–Trinajstić information content (AvgIpc) is 2.87. The molecule has 96 valence electrons. The Morgan fingerprint density at radius 2 is 2.18 bits per heavy atom. The largest absolute Gasteiger partial charge is 0.344 e. The molecule has 0 bridgehead atoms. The van der Waals surface area contributed by atoms with E-state index in [1.54, 1.807) is 0 Å². The van der Waals surface area contributed by atoms with Crippen LogP contribution in [0.4, 0.5) is 0 Å². The molecule has 1 atom stereocenters. The highest BCUT2D eigenvalue weighted by Gasteiger charge is 2.27. The van der Waals surface area contributed by atoms with E-state index in [1.807, 2.05) is 42.6 Å². The van der Waals surface area contributed by atoms with Crippen molar-refractivity contribution in [2.75, 3.05) is 20.1 Å². The number of rotatable bonds is 2. The Morgan fingerprint density at radius 3 is 2.65 bits per heavy atom. The Balaban J connectivity index is 0.00000144. The molecule has 1 aromatic rings. The number of aryl methyl sites for hydroxylation is 1. The second kappa shape index (κ2) is 5.56.